The number of aliphatic hydroxyl groups excluding tert-OH is 1. The van der Waals surface area contributed by atoms with Crippen LogP contribution in [0, 0.1) is 0 Å². The predicted molar refractivity (Wildman–Crippen MR) is 51.5 cm³/mol. The Morgan fingerprint density at radius 3 is 2.93 bits per heavy atom. The Kier molecular flexibility index (Phi) is 2.79. The van der Waals surface area contributed by atoms with Gasteiger partial charge in [0.05, 0.1) is 13.2 Å². The molecule has 5 nitrogen and oxygen atoms in total. The third-order valence-corrected chi connectivity index (χ3v) is 2.60. The molecular formula is C9H16N4O. The van der Waals surface area contributed by atoms with E-state index in [4.69, 9.17) is 5.11 Å². The van der Waals surface area contributed by atoms with E-state index in [-0.39, 0.29) is 6.61 Å². The summed E-state index contributed by atoms with van der Waals surface area (Å²) in [6, 6.07) is 0.652. The SMILES string of the molecule is Cn1ncnc1CN(CCO)C1CC1. The van der Waals surface area contributed by atoms with Gasteiger partial charge in [-0.05, 0) is 12.8 Å². The first kappa shape index (κ1) is 9.61. The largest absolute Gasteiger partial charge is 0.395 e. The van der Waals surface area contributed by atoms with Crippen molar-refractivity contribution < 1.29 is 5.11 Å². The van der Waals surface area contributed by atoms with E-state index in [1.54, 1.807) is 11.0 Å². The first-order chi connectivity index (χ1) is 6.81. The van der Waals surface area contributed by atoms with Crippen molar-refractivity contribution in [1.82, 2.24) is 19.7 Å². The van der Waals surface area contributed by atoms with Gasteiger partial charge in [0.2, 0.25) is 0 Å². The van der Waals surface area contributed by atoms with E-state index >= 15 is 0 Å². The van der Waals surface area contributed by atoms with E-state index in [1.807, 2.05) is 7.05 Å². The van der Waals surface area contributed by atoms with Crippen LogP contribution in [0.15, 0.2) is 6.33 Å². The summed E-state index contributed by atoms with van der Waals surface area (Å²) in [6.07, 6.45) is 4.06. The molecule has 0 amide bonds. The van der Waals surface area contributed by atoms with Gasteiger partial charge in [-0.25, -0.2) is 4.98 Å². The lowest BCUT2D eigenvalue weighted by Crippen LogP contribution is -2.29. The molecule has 1 N–H and O–H groups in total. The smallest absolute Gasteiger partial charge is 0.140 e. The second-order valence-corrected chi connectivity index (χ2v) is 3.73. The third kappa shape index (κ3) is 2.10. The van der Waals surface area contributed by atoms with Crippen LogP contribution in [0.5, 0.6) is 0 Å². The average Bonchev–Trinajstić information content (AvgIpc) is 2.93. The summed E-state index contributed by atoms with van der Waals surface area (Å²) in [5.74, 6) is 0.963. The van der Waals surface area contributed by atoms with Gasteiger partial charge in [-0.2, -0.15) is 5.10 Å². The molecule has 1 saturated carbocycles. The number of aryl methyl sites for hydroxylation is 1. The minimum atomic E-state index is 0.217. The van der Waals surface area contributed by atoms with Crippen LogP contribution < -0.4 is 0 Å². The first-order valence-corrected chi connectivity index (χ1v) is 4.99. The second-order valence-electron chi connectivity index (χ2n) is 3.73. The van der Waals surface area contributed by atoms with E-state index in [0.29, 0.717) is 6.04 Å². The Balaban J connectivity index is 1.96. The maximum atomic E-state index is 8.93. The molecule has 0 aromatic carbocycles. The molecule has 78 valence electrons. The Bertz CT molecular complexity index is 295. The molecule has 0 spiro atoms. The van der Waals surface area contributed by atoms with Crippen molar-refractivity contribution in [3.05, 3.63) is 12.2 Å². The molecule has 0 unspecified atom stereocenters. The highest BCUT2D eigenvalue weighted by Crippen LogP contribution is 2.27. The van der Waals surface area contributed by atoms with Crippen molar-refractivity contribution in [3.63, 3.8) is 0 Å². The van der Waals surface area contributed by atoms with Crippen molar-refractivity contribution in [1.29, 1.82) is 0 Å². The summed E-state index contributed by atoms with van der Waals surface area (Å²) in [5.41, 5.74) is 0. The van der Waals surface area contributed by atoms with Crippen LogP contribution in [0.2, 0.25) is 0 Å². The van der Waals surface area contributed by atoms with Crippen molar-refractivity contribution in [3.8, 4) is 0 Å². The maximum absolute atomic E-state index is 8.93. The number of rotatable bonds is 5. The summed E-state index contributed by atoms with van der Waals surface area (Å²) >= 11 is 0. The summed E-state index contributed by atoms with van der Waals surface area (Å²) in [7, 11) is 1.90. The van der Waals surface area contributed by atoms with Crippen LogP contribution in [0.3, 0.4) is 0 Å². The van der Waals surface area contributed by atoms with Crippen molar-refractivity contribution in [2.24, 2.45) is 7.05 Å². The van der Waals surface area contributed by atoms with Gasteiger partial charge in [0.15, 0.2) is 0 Å². The Morgan fingerprint density at radius 1 is 1.64 bits per heavy atom. The molecule has 5 heteroatoms. The zero-order valence-electron chi connectivity index (χ0n) is 8.43. The maximum Gasteiger partial charge on any atom is 0.140 e. The standard InChI is InChI=1S/C9H16N4O/c1-12-9(10-7-11-12)6-13(4-5-14)8-2-3-8/h7-8,14H,2-6H2,1H3. The number of aliphatic hydroxyl groups is 1. The van der Waals surface area contributed by atoms with Crippen molar-refractivity contribution in [2.45, 2.75) is 25.4 Å². The fraction of sp³-hybridized carbons (Fsp3) is 0.778. The van der Waals surface area contributed by atoms with Crippen LogP contribution in [-0.2, 0) is 13.6 Å². The molecule has 0 bridgehead atoms. The van der Waals surface area contributed by atoms with Crippen LogP contribution in [0.1, 0.15) is 18.7 Å². The topological polar surface area (TPSA) is 54.2 Å². The highest BCUT2D eigenvalue weighted by Gasteiger charge is 2.29. The zero-order valence-corrected chi connectivity index (χ0v) is 8.43. The number of hydrogen-bond acceptors (Lipinski definition) is 4. The molecule has 1 aromatic rings. The molecule has 1 fully saturated rings. The summed E-state index contributed by atoms with van der Waals surface area (Å²) in [5, 5.41) is 13.0. The molecule has 1 heterocycles. The minimum absolute atomic E-state index is 0.217. The molecule has 1 aliphatic carbocycles. The van der Waals surface area contributed by atoms with Gasteiger partial charge in [-0.15, -0.1) is 0 Å². The molecular weight excluding hydrogens is 180 g/mol. The van der Waals surface area contributed by atoms with Crippen LogP contribution in [0.4, 0.5) is 0 Å². The van der Waals surface area contributed by atoms with Gasteiger partial charge in [0, 0.05) is 19.6 Å². The van der Waals surface area contributed by atoms with Gasteiger partial charge >= 0.3 is 0 Å². The molecule has 14 heavy (non-hydrogen) atoms. The van der Waals surface area contributed by atoms with Gasteiger partial charge in [-0.1, -0.05) is 0 Å². The Morgan fingerprint density at radius 2 is 2.43 bits per heavy atom. The second kappa shape index (κ2) is 4.06. The van der Waals surface area contributed by atoms with Crippen LogP contribution in [-0.4, -0.2) is 44.0 Å². The van der Waals surface area contributed by atoms with Gasteiger partial charge in [-0.3, -0.25) is 9.58 Å². The summed E-state index contributed by atoms with van der Waals surface area (Å²) < 4.78 is 1.78. The van der Waals surface area contributed by atoms with E-state index < -0.39 is 0 Å². The molecule has 0 aliphatic heterocycles. The lowest BCUT2D eigenvalue weighted by atomic mass is 10.4. The average molecular weight is 196 g/mol. The molecule has 0 atom stereocenters. The number of hydrogen-bond donors (Lipinski definition) is 1. The Hall–Kier alpha value is -0.940. The molecule has 0 radical (unpaired) electrons. The lowest BCUT2D eigenvalue weighted by molar-refractivity contribution is 0.178. The predicted octanol–water partition coefficient (Wildman–Crippen LogP) is -0.228. The number of aromatic nitrogens is 3. The minimum Gasteiger partial charge on any atom is -0.395 e. The molecule has 2 rings (SSSR count). The third-order valence-electron chi connectivity index (χ3n) is 2.60. The van der Waals surface area contributed by atoms with E-state index in [0.717, 1.165) is 18.9 Å². The van der Waals surface area contributed by atoms with E-state index in [9.17, 15) is 0 Å². The van der Waals surface area contributed by atoms with Gasteiger partial charge in [0.25, 0.3) is 0 Å². The van der Waals surface area contributed by atoms with E-state index in [1.165, 1.54) is 12.8 Å². The van der Waals surface area contributed by atoms with Crippen molar-refractivity contribution >= 4 is 0 Å². The fourth-order valence-corrected chi connectivity index (χ4v) is 1.60. The lowest BCUT2D eigenvalue weighted by Gasteiger charge is -2.19. The quantitative estimate of drug-likeness (QED) is 0.707. The highest BCUT2D eigenvalue weighted by molar-refractivity contribution is 4.90. The normalized spacial score (nSPS) is 16.5. The monoisotopic (exact) mass is 196 g/mol. The fourth-order valence-electron chi connectivity index (χ4n) is 1.60. The van der Waals surface area contributed by atoms with Gasteiger partial charge < -0.3 is 5.11 Å². The summed E-state index contributed by atoms with van der Waals surface area (Å²) in [4.78, 5) is 6.44. The highest BCUT2D eigenvalue weighted by atomic mass is 16.3. The molecule has 1 aliphatic rings. The van der Waals surface area contributed by atoms with Crippen LogP contribution >= 0.6 is 0 Å². The first-order valence-electron chi connectivity index (χ1n) is 4.99. The molecule has 0 saturated heterocycles. The van der Waals surface area contributed by atoms with E-state index in [2.05, 4.69) is 15.0 Å². The number of nitrogens with zero attached hydrogens (tertiary/aromatic N) is 4. The van der Waals surface area contributed by atoms with Crippen LogP contribution in [0.25, 0.3) is 0 Å². The zero-order chi connectivity index (χ0) is 9.97. The molecule has 1 aromatic heterocycles. The van der Waals surface area contributed by atoms with Crippen molar-refractivity contribution in [2.75, 3.05) is 13.2 Å². The Labute approximate surface area is 83.4 Å². The van der Waals surface area contributed by atoms with Gasteiger partial charge in [0.1, 0.15) is 12.2 Å². The summed E-state index contributed by atoms with van der Waals surface area (Å²) in [6.45, 7) is 1.74.